The summed E-state index contributed by atoms with van der Waals surface area (Å²) in [5.41, 5.74) is 0.696. The zero-order chi connectivity index (χ0) is 13.9. The molecule has 0 aliphatic heterocycles. The topological polar surface area (TPSA) is 0 Å². The summed E-state index contributed by atoms with van der Waals surface area (Å²) in [4.78, 5) is 0. The molecule has 2 atom stereocenters. The van der Waals surface area contributed by atoms with Crippen molar-refractivity contribution in [1.82, 2.24) is 0 Å². The predicted octanol–water partition coefficient (Wildman–Crippen LogP) is 5.96. The third-order valence-electron chi connectivity index (χ3n) is 4.28. The first-order valence-corrected chi connectivity index (χ1v) is 7.58. The van der Waals surface area contributed by atoms with Crippen LogP contribution in [0, 0.1) is 16.7 Å². The molecular weight excluding hydrogens is 224 g/mol. The fourth-order valence-electron chi connectivity index (χ4n) is 2.55. The van der Waals surface area contributed by atoms with Crippen molar-refractivity contribution in [3.8, 4) is 0 Å². The summed E-state index contributed by atoms with van der Waals surface area (Å²) in [6.45, 7) is 18.7. The Morgan fingerprint density at radius 3 is 1.76 bits per heavy atom. The number of hydrogen-bond acceptors (Lipinski definition) is 1. The molecule has 0 aromatic carbocycles. The standard InChI is InChI=1S/C16H34S/c1-9-13(2)10-11-16(8,15(6,7)17)12-14(3,4)5/h13,17H,9-12H2,1-8H3. The van der Waals surface area contributed by atoms with Gasteiger partial charge in [0.05, 0.1) is 0 Å². The van der Waals surface area contributed by atoms with Crippen molar-refractivity contribution in [2.24, 2.45) is 16.7 Å². The molecule has 0 amide bonds. The minimum absolute atomic E-state index is 0.0910. The predicted molar refractivity (Wildman–Crippen MR) is 83.9 cm³/mol. The van der Waals surface area contributed by atoms with Gasteiger partial charge in [-0.3, -0.25) is 0 Å². The van der Waals surface area contributed by atoms with E-state index < -0.39 is 0 Å². The lowest BCUT2D eigenvalue weighted by molar-refractivity contribution is 0.129. The van der Waals surface area contributed by atoms with Crippen LogP contribution in [-0.4, -0.2) is 4.75 Å². The molecule has 0 radical (unpaired) electrons. The van der Waals surface area contributed by atoms with Crippen molar-refractivity contribution in [2.75, 3.05) is 0 Å². The van der Waals surface area contributed by atoms with Gasteiger partial charge in [0.1, 0.15) is 0 Å². The minimum atomic E-state index is 0.0910. The Labute approximate surface area is 115 Å². The van der Waals surface area contributed by atoms with Gasteiger partial charge >= 0.3 is 0 Å². The average molecular weight is 259 g/mol. The van der Waals surface area contributed by atoms with Gasteiger partial charge < -0.3 is 0 Å². The number of hydrogen-bond donors (Lipinski definition) is 1. The summed E-state index contributed by atoms with van der Waals surface area (Å²) in [7, 11) is 0. The molecule has 0 fully saturated rings. The quantitative estimate of drug-likeness (QED) is 0.558. The maximum absolute atomic E-state index is 4.88. The van der Waals surface area contributed by atoms with Gasteiger partial charge in [0.2, 0.25) is 0 Å². The summed E-state index contributed by atoms with van der Waals surface area (Å²) >= 11 is 4.88. The second-order valence-corrected chi connectivity index (χ2v) is 9.03. The van der Waals surface area contributed by atoms with Crippen LogP contribution in [0.25, 0.3) is 0 Å². The second kappa shape index (κ2) is 5.99. The highest BCUT2D eigenvalue weighted by molar-refractivity contribution is 7.81. The Bertz CT molecular complexity index is 219. The smallest absolute Gasteiger partial charge is 0.0127 e. The lowest BCUT2D eigenvalue weighted by atomic mass is 9.65. The van der Waals surface area contributed by atoms with Crippen molar-refractivity contribution in [3.63, 3.8) is 0 Å². The molecule has 0 aliphatic carbocycles. The molecule has 0 rings (SSSR count). The summed E-state index contributed by atoms with van der Waals surface area (Å²) in [5.74, 6) is 0.838. The van der Waals surface area contributed by atoms with Gasteiger partial charge in [0, 0.05) is 4.75 Å². The van der Waals surface area contributed by atoms with Crippen LogP contribution in [0.15, 0.2) is 0 Å². The van der Waals surface area contributed by atoms with E-state index in [2.05, 4.69) is 55.4 Å². The Kier molecular flexibility index (Phi) is 6.12. The van der Waals surface area contributed by atoms with E-state index in [0.717, 1.165) is 5.92 Å². The lowest BCUT2D eigenvalue weighted by Gasteiger charge is -2.45. The Hall–Kier alpha value is 0.350. The van der Waals surface area contributed by atoms with Crippen LogP contribution in [0.4, 0.5) is 0 Å². The van der Waals surface area contributed by atoms with Gasteiger partial charge in [-0.25, -0.2) is 0 Å². The van der Waals surface area contributed by atoms with Gasteiger partial charge in [0.15, 0.2) is 0 Å². The van der Waals surface area contributed by atoms with Crippen LogP contribution in [0.3, 0.4) is 0 Å². The largest absolute Gasteiger partial charge is 0.173 e. The van der Waals surface area contributed by atoms with E-state index in [9.17, 15) is 0 Å². The van der Waals surface area contributed by atoms with Gasteiger partial charge in [-0.15, -0.1) is 0 Å². The fraction of sp³-hybridized carbons (Fsp3) is 1.00. The fourth-order valence-corrected chi connectivity index (χ4v) is 2.74. The highest BCUT2D eigenvalue weighted by Gasteiger charge is 2.40. The van der Waals surface area contributed by atoms with Crippen molar-refractivity contribution in [2.45, 2.75) is 85.8 Å². The van der Waals surface area contributed by atoms with Crippen molar-refractivity contribution in [1.29, 1.82) is 0 Å². The van der Waals surface area contributed by atoms with Crippen LogP contribution >= 0.6 is 12.6 Å². The SMILES string of the molecule is CCC(C)CCC(C)(CC(C)(C)C)C(C)(C)S. The minimum Gasteiger partial charge on any atom is -0.173 e. The summed E-state index contributed by atoms with van der Waals surface area (Å²) in [6, 6.07) is 0. The van der Waals surface area contributed by atoms with E-state index in [1.165, 1.54) is 25.7 Å². The first-order valence-electron chi connectivity index (χ1n) is 7.14. The molecule has 0 saturated carbocycles. The summed E-state index contributed by atoms with van der Waals surface area (Å²) in [6.07, 6.45) is 5.15. The van der Waals surface area contributed by atoms with Crippen LogP contribution in [0.5, 0.6) is 0 Å². The molecule has 17 heavy (non-hydrogen) atoms. The molecular formula is C16H34S. The molecule has 1 heteroatoms. The van der Waals surface area contributed by atoms with E-state index in [1.54, 1.807) is 0 Å². The maximum Gasteiger partial charge on any atom is 0.0127 e. The summed E-state index contributed by atoms with van der Waals surface area (Å²) in [5, 5.41) is 0. The lowest BCUT2D eigenvalue weighted by Crippen LogP contribution is -2.40. The van der Waals surface area contributed by atoms with E-state index in [4.69, 9.17) is 12.6 Å². The normalized spacial score (nSPS) is 18.9. The average Bonchev–Trinajstić information content (AvgIpc) is 2.09. The first-order chi connectivity index (χ1) is 7.41. The van der Waals surface area contributed by atoms with Gasteiger partial charge in [-0.1, -0.05) is 68.2 Å². The second-order valence-electron chi connectivity index (χ2n) is 7.91. The Balaban J connectivity index is 4.75. The maximum atomic E-state index is 4.88. The van der Waals surface area contributed by atoms with Gasteiger partial charge in [-0.05, 0) is 29.6 Å². The molecule has 2 unspecified atom stereocenters. The highest BCUT2D eigenvalue weighted by Crippen LogP contribution is 2.48. The summed E-state index contributed by atoms with van der Waals surface area (Å²) < 4.78 is 0.0910. The van der Waals surface area contributed by atoms with E-state index in [0.29, 0.717) is 10.8 Å². The van der Waals surface area contributed by atoms with Crippen LogP contribution in [0.1, 0.15) is 81.1 Å². The monoisotopic (exact) mass is 258 g/mol. The molecule has 0 aromatic rings. The molecule has 0 saturated heterocycles. The molecule has 0 aromatic heterocycles. The molecule has 0 bridgehead atoms. The van der Waals surface area contributed by atoms with Gasteiger partial charge in [-0.2, -0.15) is 12.6 Å². The van der Waals surface area contributed by atoms with Crippen molar-refractivity contribution in [3.05, 3.63) is 0 Å². The zero-order valence-corrected chi connectivity index (χ0v) is 14.2. The van der Waals surface area contributed by atoms with E-state index in [-0.39, 0.29) is 4.75 Å². The van der Waals surface area contributed by atoms with Crippen LogP contribution in [-0.2, 0) is 0 Å². The molecule has 0 N–H and O–H groups in total. The zero-order valence-electron chi connectivity index (χ0n) is 13.4. The molecule has 0 spiro atoms. The third-order valence-corrected chi connectivity index (χ3v) is 4.82. The highest BCUT2D eigenvalue weighted by atomic mass is 32.1. The van der Waals surface area contributed by atoms with E-state index in [1.807, 2.05) is 0 Å². The molecule has 0 aliphatic rings. The van der Waals surface area contributed by atoms with Crippen LogP contribution < -0.4 is 0 Å². The first kappa shape index (κ1) is 17.4. The molecule has 0 heterocycles. The van der Waals surface area contributed by atoms with Crippen molar-refractivity contribution >= 4 is 12.6 Å². The Morgan fingerprint density at radius 2 is 1.47 bits per heavy atom. The third kappa shape index (κ3) is 6.18. The number of thiol groups is 1. The van der Waals surface area contributed by atoms with Crippen LogP contribution in [0.2, 0.25) is 0 Å². The van der Waals surface area contributed by atoms with E-state index >= 15 is 0 Å². The molecule has 0 nitrogen and oxygen atoms in total. The van der Waals surface area contributed by atoms with Gasteiger partial charge in [0.25, 0.3) is 0 Å². The Morgan fingerprint density at radius 1 is 1.00 bits per heavy atom. The number of rotatable bonds is 6. The molecule has 104 valence electrons. The van der Waals surface area contributed by atoms with Crippen molar-refractivity contribution < 1.29 is 0 Å².